The van der Waals surface area contributed by atoms with Crippen LogP contribution in [-0.2, 0) is 16.1 Å². The molecule has 3 rings (SSSR count). The Bertz CT molecular complexity index is 959. The van der Waals surface area contributed by atoms with Crippen LogP contribution in [0.3, 0.4) is 0 Å². The van der Waals surface area contributed by atoms with Gasteiger partial charge in [0.15, 0.2) is 5.78 Å². The second-order valence-electron chi connectivity index (χ2n) is 6.78. The van der Waals surface area contributed by atoms with Crippen LogP contribution in [0.1, 0.15) is 46.0 Å². The molecule has 150 valence electrons. The Kier molecular flexibility index (Phi) is 6.85. The fraction of sp³-hybridized carbons (Fsp3) is 0.250. The summed E-state index contributed by atoms with van der Waals surface area (Å²) in [6, 6.07) is 18.5. The molecule has 1 unspecified atom stereocenters. The van der Waals surface area contributed by atoms with Crippen LogP contribution >= 0.6 is 0 Å². The SMILES string of the molecule is COC(=O)CCC(C(=O)c1cccc(OCc2ccco2)c1)c1ccccc1C. The number of Topliss-reactive ketones (excluding diaryl/α,β-unsaturated/α-hetero) is 1. The molecule has 0 N–H and O–H groups in total. The van der Waals surface area contributed by atoms with E-state index in [1.165, 1.54) is 7.11 Å². The third kappa shape index (κ3) is 5.35. The summed E-state index contributed by atoms with van der Waals surface area (Å²) in [5.74, 6) is 0.482. The number of ether oxygens (including phenoxy) is 2. The van der Waals surface area contributed by atoms with Crippen LogP contribution in [0.2, 0.25) is 0 Å². The molecule has 0 radical (unpaired) electrons. The van der Waals surface area contributed by atoms with E-state index in [4.69, 9.17) is 13.9 Å². The highest BCUT2D eigenvalue weighted by molar-refractivity contribution is 6.01. The molecule has 0 saturated heterocycles. The van der Waals surface area contributed by atoms with E-state index < -0.39 is 5.92 Å². The molecule has 5 heteroatoms. The van der Waals surface area contributed by atoms with E-state index in [2.05, 4.69) is 0 Å². The third-order valence-corrected chi connectivity index (χ3v) is 4.82. The number of furan rings is 1. The molecule has 3 aromatic rings. The van der Waals surface area contributed by atoms with Crippen LogP contribution in [0.25, 0.3) is 0 Å². The largest absolute Gasteiger partial charge is 0.486 e. The maximum Gasteiger partial charge on any atom is 0.305 e. The summed E-state index contributed by atoms with van der Waals surface area (Å²) in [5, 5.41) is 0. The number of methoxy groups -OCH3 is 1. The summed E-state index contributed by atoms with van der Waals surface area (Å²) in [5.41, 5.74) is 2.48. The second-order valence-corrected chi connectivity index (χ2v) is 6.78. The number of benzene rings is 2. The highest BCUT2D eigenvalue weighted by Gasteiger charge is 2.24. The van der Waals surface area contributed by atoms with Crippen molar-refractivity contribution in [3.05, 3.63) is 89.4 Å². The van der Waals surface area contributed by atoms with Crippen molar-refractivity contribution in [3.63, 3.8) is 0 Å². The second kappa shape index (κ2) is 9.73. The molecule has 0 amide bonds. The molecular weight excluding hydrogens is 368 g/mol. The zero-order valence-electron chi connectivity index (χ0n) is 16.6. The number of rotatable bonds is 9. The van der Waals surface area contributed by atoms with Gasteiger partial charge < -0.3 is 13.9 Å². The van der Waals surface area contributed by atoms with E-state index in [9.17, 15) is 9.59 Å². The number of hydrogen-bond donors (Lipinski definition) is 0. The van der Waals surface area contributed by atoms with E-state index in [1.54, 1.807) is 36.6 Å². The van der Waals surface area contributed by atoms with Gasteiger partial charge in [-0.25, -0.2) is 0 Å². The van der Waals surface area contributed by atoms with E-state index >= 15 is 0 Å². The summed E-state index contributed by atoms with van der Waals surface area (Å²) in [7, 11) is 1.35. The molecule has 1 aromatic heterocycles. The number of esters is 1. The smallest absolute Gasteiger partial charge is 0.305 e. The summed E-state index contributed by atoms with van der Waals surface area (Å²) in [6.07, 6.45) is 2.15. The van der Waals surface area contributed by atoms with Gasteiger partial charge in [-0.2, -0.15) is 0 Å². The topological polar surface area (TPSA) is 65.7 Å². The fourth-order valence-corrected chi connectivity index (χ4v) is 3.26. The first-order valence-corrected chi connectivity index (χ1v) is 9.50. The molecule has 5 nitrogen and oxygen atoms in total. The van der Waals surface area contributed by atoms with E-state index in [-0.39, 0.29) is 24.8 Å². The lowest BCUT2D eigenvalue weighted by Gasteiger charge is -2.18. The highest BCUT2D eigenvalue weighted by atomic mass is 16.5. The van der Waals surface area contributed by atoms with Crippen molar-refractivity contribution in [2.24, 2.45) is 0 Å². The number of carbonyl (C=O) groups is 2. The Labute approximate surface area is 170 Å². The molecule has 1 atom stereocenters. The van der Waals surface area contributed by atoms with Gasteiger partial charge in [0, 0.05) is 17.9 Å². The van der Waals surface area contributed by atoms with Gasteiger partial charge in [-0.05, 0) is 48.7 Å². The van der Waals surface area contributed by atoms with Crippen molar-refractivity contribution in [2.75, 3.05) is 7.11 Å². The molecule has 29 heavy (non-hydrogen) atoms. The van der Waals surface area contributed by atoms with Gasteiger partial charge in [0.25, 0.3) is 0 Å². The molecule has 0 bridgehead atoms. The Morgan fingerprint density at radius 3 is 2.59 bits per heavy atom. The molecule has 0 fully saturated rings. The number of hydrogen-bond acceptors (Lipinski definition) is 5. The van der Waals surface area contributed by atoms with Gasteiger partial charge in [0.05, 0.1) is 13.4 Å². The molecular formula is C24H24O5. The Morgan fingerprint density at radius 1 is 1.03 bits per heavy atom. The molecule has 0 aliphatic heterocycles. The van der Waals surface area contributed by atoms with Crippen LogP contribution in [-0.4, -0.2) is 18.9 Å². The molecule has 0 aliphatic rings. The maximum atomic E-state index is 13.4. The van der Waals surface area contributed by atoms with Crippen LogP contribution in [0.5, 0.6) is 5.75 Å². The first-order chi connectivity index (χ1) is 14.1. The zero-order valence-corrected chi connectivity index (χ0v) is 16.6. The van der Waals surface area contributed by atoms with E-state index in [1.807, 2.05) is 37.3 Å². The summed E-state index contributed by atoms with van der Waals surface area (Å²) in [6.45, 7) is 2.25. The van der Waals surface area contributed by atoms with Crippen LogP contribution < -0.4 is 4.74 Å². The first kappa shape index (κ1) is 20.4. The lowest BCUT2D eigenvalue weighted by atomic mass is 9.85. The lowest BCUT2D eigenvalue weighted by Crippen LogP contribution is -2.16. The van der Waals surface area contributed by atoms with Crippen LogP contribution in [0.4, 0.5) is 0 Å². The van der Waals surface area contributed by atoms with Gasteiger partial charge in [0.2, 0.25) is 0 Å². The quantitative estimate of drug-likeness (QED) is 0.375. The van der Waals surface area contributed by atoms with Crippen molar-refractivity contribution in [3.8, 4) is 5.75 Å². The van der Waals surface area contributed by atoms with Crippen LogP contribution in [0.15, 0.2) is 71.3 Å². The number of aryl methyl sites for hydroxylation is 1. The monoisotopic (exact) mass is 392 g/mol. The number of ketones is 1. The van der Waals surface area contributed by atoms with Gasteiger partial charge in [0.1, 0.15) is 18.1 Å². The zero-order chi connectivity index (χ0) is 20.6. The van der Waals surface area contributed by atoms with Crippen molar-refractivity contribution in [1.82, 2.24) is 0 Å². The minimum absolute atomic E-state index is 0.0494. The van der Waals surface area contributed by atoms with Gasteiger partial charge >= 0.3 is 5.97 Å². The van der Waals surface area contributed by atoms with E-state index in [0.717, 1.165) is 11.1 Å². The number of carbonyl (C=O) groups excluding carboxylic acids is 2. The molecule has 1 heterocycles. The Hall–Kier alpha value is -3.34. The maximum absolute atomic E-state index is 13.4. The lowest BCUT2D eigenvalue weighted by molar-refractivity contribution is -0.140. The van der Waals surface area contributed by atoms with Gasteiger partial charge in [-0.15, -0.1) is 0 Å². The Morgan fingerprint density at radius 2 is 1.86 bits per heavy atom. The van der Waals surface area contributed by atoms with Crippen molar-refractivity contribution < 1.29 is 23.5 Å². The van der Waals surface area contributed by atoms with Crippen molar-refractivity contribution >= 4 is 11.8 Å². The van der Waals surface area contributed by atoms with Gasteiger partial charge in [-0.3, -0.25) is 9.59 Å². The van der Waals surface area contributed by atoms with E-state index in [0.29, 0.717) is 23.5 Å². The predicted molar refractivity (Wildman–Crippen MR) is 109 cm³/mol. The van der Waals surface area contributed by atoms with Crippen molar-refractivity contribution in [1.29, 1.82) is 0 Å². The summed E-state index contributed by atoms with van der Waals surface area (Å²) in [4.78, 5) is 25.0. The predicted octanol–water partition coefficient (Wildman–Crippen LogP) is 5.09. The molecule has 2 aromatic carbocycles. The third-order valence-electron chi connectivity index (χ3n) is 4.82. The van der Waals surface area contributed by atoms with Crippen LogP contribution in [0, 0.1) is 6.92 Å². The summed E-state index contributed by atoms with van der Waals surface area (Å²) < 4.78 is 15.8. The molecule has 0 aliphatic carbocycles. The first-order valence-electron chi connectivity index (χ1n) is 9.50. The molecule has 0 saturated carbocycles. The van der Waals surface area contributed by atoms with Gasteiger partial charge in [-0.1, -0.05) is 36.4 Å². The average molecular weight is 392 g/mol. The Balaban J connectivity index is 1.82. The highest BCUT2D eigenvalue weighted by Crippen LogP contribution is 2.29. The molecule has 0 spiro atoms. The van der Waals surface area contributed by atoms with Crippen molar-refractivity contribution in [2.45, 2.75) is 32.3 Å². The minimum atomic E-state index is -0.435. The standard InChI is InChI=1S/C24H24O5/c1-17-7-3-4-11-21(17)22(12-13-23(25)27-2)24(26)18-8-5-9-19(15-18)29-16-20-10-6-14-28-20/h3-11,14-15,22H,12-13,16H2,1-2H3. The summed E-state index contributed by atoms with van der Waals surface area (Å²) >= 11 is 0. The normalized spacial score (nSPS) is 11.7. The average Bonchev–Trinajstić information content (AvgIpc) is 3.27. The fourth-order valence-electron chi connectivity index (χ4n) is 3.26. The minimum Gasteiger partial charge on any atom is -0.486 e.